The molecule has 3 heterocycles. The summed E-state index contributed by atoms with van der Waals surface area (Å²) in [5.74, 6) is 0.668. The number of ether oxygens (including phenoxy) is 1. The van der Waals surface area contributed by atoms with E-state index in [9.17, 15) is 0 Å². The predicted molar refractivity (Wildman–Crippen MR) is 95.9 cm³/mol. The van der Waals surface area contributed by atoms with Gasteiger partial charge in [0.25, 0.3) is 0 Å². The maximum atomic E-state index is 5.58. The highest BCUT2D eigenvalue weighted by atomic mass is 32.1. The van der Waals surface area contributed by atoms with E-state index in [-0.39, 0.29) is 0 Å². The molecule has 2 aliphatic heterocycles. The van der Waals surface area contributed by atoms with Crippen LogP contribution >= 0.6 is 11.3 Å². The van der Waals surface area contributed by atoms with E-state index in [4.69, 9.17) is 4.74 Å². The monoisotopic (exact) mass is 337 g/mol. The van der Waals surface area contributed by atoms with Gasteiger partial charge >= 0.3 is 0 Å². The third kappa shape index (κ3) is 3.78. The molecule has 2 fully saturated rings. The second-order valence-corrected chi connectivity index (χ2v) is 8.73. The molecule has 1 spiro atoms. The third-order valence-corrected chi connectivity index (χ3v) is 6.65. The van der Waals surface area contributed by atoms with Crippen LogP contribution in [0.15, 0.2) is 5.38 Å². The maximum Gasteiger partial charge on any atom is 0.0897 e. The minimum Gasteiger partial charge on any atom is -0.384 e. The fourth-order valence-electron chi connectivity index (χ4n) is 4.46. The molecule has 0 aromatic carbocycles. The summed E-state index contributed by atoms with van der Waals surface area (Å²) in [4.78, 5) is 9.89. The number of piperidine rings is 1. The second kappa shape index (κ2) is 7.18. The molecule has 1 aromatic rings. The highest BCUT2D eigenvalue weighted by Gasteiger charge is 2.47. The first-order chi connectivity index (χ1) is 11.0. The van der Waals surface area contributed by atoms with Crippen molar-refractivity contribution < 1.29 is 4.74 Å². The average Bonchev–Trinajstić information content (AvgIpc) is 3.05. The zero-order valence-electron chi connectivity index (χ0n) is 15.0. The number of thiazole rings is 1. The zero-order valence-corrected chi connectivity index (χ0v) is 15.9. The molecule has 1 aromatic heterocycles. The van der Waals surface area contributed by atoms with E-state index in [0.717, 1.165) is 19.7 Å². The van der Waals surface area contributed by atoms with Crippen molar-refractivity contribution in [2.24, 2.45) is 11.3 Å². The van der Waals surface area contributed by atoms with E-state index in [1.165, 1.54) is 43.2 Å². The van der Waals surface area contributed by atoms with E-state index in [1.54, 1.807) is 11.3 Å². The largest absolute Gasteiger partial charge is 0.384 e. The van der Waals surface area contributed by atoms with Gasteiger partial charge in [0.15, 0.2) is 0 Å². The van der Waals surface area contributed by atoms with Crippen molar-refractivity contribution in [1.82, 2.24) is 14.8 Å². The van der Waals surface area contributed by atoms with E-state index in [1.807, 2.05) is 7.11 Å². The number of nitrogens with zero attached hydrogens (tertiary/aromatic N) is 3. The summed E-state index contributed by atoms with van der Waals surface area (Å²) in [6.07, 6.45) is 2.62. The molecule has 0 saturated carbocycles. The summed E-state index contributed by atoms with van der Waals surface area (Å²) in [6, 6.07) is 0.670. The first-order valence-corrected chi connectivity index (χ1v) is 9.77. The van der Waals surface area contributed by atoms with Gasteiger partial charge in [-0.1, -0.05) is 0 Å². The molecule has 0 bridgehead atoms. The smallest absolute Gasteiger partial charge is 0.0897 e. The van der Waals surface area contributed by atoms with Gasteiger partial charge in [0.1, 0.15) is 0 Å². The fraction of sp³-hybridized carbons (Fsp3) is 0.833. The fourth-order valence-corrected chi connectivity index (χ4v) is 5.06. The van der Waals surface area contributed by atoms with E-state index >= 15 is 0 Å². The van der Waals surface area contributed by atoms with Crippen LogP contribution in [-0.4, -0.2) is 60.7 Å². The standard InChI is InChI=1S/C18H31N3OS/c1-14(2)21-7-5-18(6-8-21)13-20(9-16(18)11-22-4)10-17-12-23-15(3)19-17/h12,14,16H,5-11,13H2,1-4H3/t16-/m0/s1. The molecule has 130 valence electrons. The van der Waals surface area contributed by atoms with Crippen LogP contribution in [0, 0.1) is 18.3 Å². The Morgan fingerprint density at radius 3 is 2.70 bits per heavy atom. The average molecular weight is 338 g/mol. The highest BCUT2D eigenvalue weighted by Crippen LogP contribution is 2.45. The van der Waals surface area contributed by atoms with E-state index in [0.29, 0.717) is 17.4 Å². The minimum atomic E-state index is 0.451. The molecule has 0 aliphatic carbocycles. The third-order valence-electron chi connectivity index (χ3n) is 5.83. The number of rotatable bonds is 5. The van der Waals surface area contributed by atoms with Gasteiger partial charge in [0.05, 0.1) is 17.3 Å². The summed E-state index contributed by atoms with van der Waals surface area (Å²) >= 11 is 1.76. The van der Waals surface area contributed by atoms with Crippen LogP contribution < -0.4 is 0 Å². The molecule has 0 unspecified atom stereocenters. The van der Waals surface area contributed by atoms with Crippen molar-refractivity contribution in [1.29, 1.82) is 0 Å². The predicted octanol–water partition coefficient (Wildman–Crippen LogP) is 3.02. The number of hydrogen-bond acceptors (Lipinski definition) is 5. The first kappa shape index (κ1) is 17.3. The van der Waals surface area contributed by atoms with Gasteiger partial charge in [-0.15, -0.1) is 11.3 Å². The van der Waals surface area contributed by atoms with Crippen LogP contribution in [-0.2, 0) is 11.3 Å². The summed E-state index contributed by atoms with van der Waals surface area (Å²) in [5.41, 5.74) is 1.69. The Kier molecular flexibility index (Phi) is 5.41. The Bertz CT molecular complexity index is 508. The van der Waals surface area contributed by atoms with Crippen molar-refractivity contribution in [3.63, 3.8) is 0 Å². The van der Waals surface area contributed by atoms with Crippen molar-refractivity contribution in [2.75, 3.05) is 39.9 Å². The molecule has 1 atom stereocenters. The van der Waals surface area contributed by atoms with Crippen molar-refractivity contribution in [3.05, 3.63) is 16.1 Å². The Morgan fingerprint density at radius 2 is 2.13 bits per heavy atom. The van der Waals surface area contributed by atoms with Gasteiger partial charge in [-0.2, -0.15) is 0 Å². The van der Waals surface area contributed by atoms with Crippen LogP contribution in [0.5, 0.6) is 0 Å². The lowest BCUT2D eigenvalue weighted by atomic mass is 9.71. The summed E-state index contributed by atoms with van der Waals surface area (Å²) in [7, 11) is 1.85. The topological polar surface area (TPSA) is 28.6 Å². The van der Waals surface area contributed by atoms with Gasteiger partial charge in [-0.05, 0) is 52.1 Å². The lowest BCUT2D eigenvalue weighted by molar-refractivity contribution is 0.0281. The SMILES string of the molecule is COC[C@@H]1CN(Cc2csc(C)n2)CC12CCN(C(C)C)CC2. The number of aromatic nitrogens is 1. The van der Waals surface area contributed by atoms with Gasteiger partial charge in [-0.3, -0.25) is 4.90 Å². The molecule has 5 heteroatoms. The molecular formula is C18H31N3OS. The minimum absolute atomic E-state index is 0.451. The quantitative estimate of drug-likeness (QED) is 0.826. The number of aryl methyl sites for hydroxylation is 1. The van der Waals surface area contributed by atoms with E-state index in [2.05, 4.69) is 40.9 Å². The van der Waals surface area contributed by atoms with Crippen LogP contribution in [0.2, 0.25) is 0 Å². The zero-order chi connectivity index (χ0) is 16.4. The number of methoxy groups -OCH3 is 1. The summed E-state index contributed by atoms with van der Waals surface area (Å²) < 4.78 is 5.58. The highest BCUT2D eigenvalue weighted by molar-refractivity contribution is 7.09. The molecule has 4 nitrogen and oxygen atoms in total. The summed E-state index contributed by atoms with van der Waals surface area (Å²) in [6.45, 7) is 13.5. The lowest BCUT2D eigenvalue weighted by Crippen LogP contribution is -2.47. The Morgan fingerprint density at radius 1 is 1.39 bits per heavy atom. The Hall–Kier alpha value is -0.490. The molecule has 2 aliphatic rings. The molecule has 0 N–H and O–H groups in total. The summed E-state index contributed by atoms with van der Waals surface area (Å²) in [5, 5.41) is 3.39. The van der Waals surface area contributed by atoms with Crippen LogP contribution in [0.25, 0.3) is 0 Å². The molecule has 23 heavy (non-hydrogen) atoms. The number of hydrogen-bond donors (Lipinski definition) is 0. The maximum absolute atomic E-state index is 5.58. The molecule has 0 amide bonds. The molecular weight excluding hydrogens is 306 g/mol. The molecule has 2 saturated heterocycles. The second-order valence-electron chi connectivity index (χ2n) is 7.67. The molecule has 0 radical (unpaired) electrons. The Labute approximate surface area is 144 Å². The van der Waals surface area contributed by atoms with Gasteiger partial charge in [-0.25, -0.2) is 4.98 Å². The van der Waals surface area contributed by atoms with Crippen LogP contribution in [0.3, 0.4) is 0 Å². The van der Waals surface area contributed by atoms with Crippen LogP contribution in [0.1, 0.15) is 37.4 Å². The lowest BCUT2D eigenvalue weighted by Gasteiger charge is -2.44. The Balaban J connectivity index is 1.66. The van der Waals surface area contributed by atoms with Crippen molar-refractivity contribution in [3.8, 4) is 0 Å². The normalized spacial score (nSPS) is 25.7. The van der Waals surface area contributed by atoms with Gasteiger partial charge < -0.3 is 9.64 Å². The van der Waals surface area contributed by atoms with Crippen LogP contribution in [0.4, 0.5) is 0 Å². The van der Waals surface area contributed by atoms with Crippen molar-refractivity contribution >= 4 is 11.3 Å². The van der Waals surface area contributed by atoms with E-state index < -0.39 is 0 Å². The van der Waals surface area contributed by atoms with Gasteiger partial charge in [0.2, 0.25) is 0 Å². The van der Waals surface area contributed by atoms with Gasteiger partial charge in [0, 0.05) is 44.1 Å². The molecule has 3 rings (SSSR count). The number of likely N-dealkylation sites (tertiary alicyclic amines) is 2. The first-order valence-electron chi connectivity index (χ1n) is 8.89. The van der Waals surface area contributed by atoms with Crippen molar-refractivity contribution in [2.45, 2.75) is 46.2 Å².